The molecule has 0 fully saturated rings. The Morgan fingerprint density at radius 3 is 2.35 bits per heavy atom. The maximum absolute atomic E-state index is 12.5. The van der Waals surface area contributed by atoms with E-state index in [-0.39, 0.29) is 35.3 Å². The molecule has 3 aromatic rings. The van der Waals surface area contributed by atoms with Crippen molar-refractivity contribution in [1.29, 1.82) is 0 Å². The van der Waals surface area contributed by atoms with Crippen molar-refractivity contribution < 1.29 is 23.8 Å². The van der Waals surface area contributed by atoms with E-state index >= 15 is 0 Å². The Labute approximate surface area is 191 Å². The van der Waals surface area contributed by atoms with E-state index in [9.17, 15) is 25.0 Å². The van der Waals surface area contributed by atoms with E-state index < -0.39 is 15.8 Å². The minimum atomic E-state index is -0.595. The average Bonchev–Trinajstić information content (AvgIpc) is 3.18. The summed E-state index contributed by atoms with van der Waals surface area (Å²) < 4.78 is 11.6. The summed E-state index contributed by atoms with van der Waals surface area (Å²) in [6, 6.07) is 10.0. The number of hydrogen-bond acceptors (Lipinski definition) is 7. The number of anilines is 1. The zero-order valence-electron chi connectivity index (χ0n) is 15.8. The number of nitrogens with zero attached hydrogens (tertiary/aromatic N) is 2. The molecule has 1 amide bonds. The number of nitro benzene ring substituents is 2. The molecule has 0 saturated carbocycles. The van der Waals surface area contributed by atoms with Crippen LogP contribution in [0.1, 0.15) is 21.9 Å². The quantitative estimate of drug-likeness (QED) is 0.289. The van der Waals surface area contributed by atoms with E-state index in [0.717, 1.165) is 5.56 Å². The molecule has 3 rings (SSSR count). The molecule has 0 saturated heterocycles. The molecule has 10 nitrogen and oxygen atoms in total. The Kier molecular flexibility index (Phi) is 6.71. The highest BCUT2D eigenvalue weighted by Crippen LogP contribution is 2.35. The number of rotatable bonds is 7. The molecule has 1 heterocycles. The van der Waals surface area contributed by atoms with Crippen LogP contribution < -0.4 is 10.1 Å². The van der Waals surface area contributed by atoms with Crippen molar-refractivity contribution in [3.8, 4) is 5.75 Å². The van der Waals surface area contributed by atoms with Crippen molar-refractivity contribution in [3.05, 3.63) is 88.7 Å². The van der Waals surface area contributed by atoms with Gasteiger partial charge in [0.15, 0.2) is 11.5 Å². The van der Waals surface area contributed by atoms with E-state index in [2.05, 4.69) is 37.2 Å². The Hall–Kier alpha value is -3.25. The molecule has 31 heavy (non-hydrogen) atoms. The maximum Gasteiger partial charge on any atom is 0.311 e. The van der Waals surface area contributed by atoms with E-state index in [1.54, 1.807) is 13.0 Å². The molecular weight excluding hydrogens is 542 g/mol. The van der Waals surface area contributed by atoms with Gasteiger partial charge in [0.05, 0.1) is 15.5 Å². The number of nitrogens with one attached hydrogen (secondary N) is 1. The lowest BCUT2D eigenvalue weighted by Crippen LogP contribution is -2.12. The molecule has 0 atom stereocenters. The number of benzene rings is 2. The largest absolute Gasteiger partial charge is 0.479 e. The standard InChI is InChI=1S/C19H13Br2N3O7/c1-10-2-4-16(15(6-10)24(28)29)30-9-12-3-5-17(31-12)19(25)22-18-13(20)7-11(23(26)27)8-14(18)21/h2-8H,9H2,1H3,(H,22,25). The lowest BCUT2D eigenvalue weighted by molar-refractivity contribution is -0.386. The normalized spacial score (nSPS) is 10.5. The Balaban J connectivity index is 1.71. The second kappa shape index (κ2) is 9.27. The minimum Gasteiger partial charge on any atom is -0.479 e. The number of carbonyl (C=O) groups is 1. The van der Waals surface area contributed by atoms with Gasteiger partial charge in [0.1, 0.15) is 12.4 Å². The highest BCUT2D eigenvalue weighted by Gasteiger charge is 2.19. The van der Waals surface area contributed by atoms with Gasteiger partial charge in [0.2, 0.25) is 0 Å². The Bertz CT molecular complexity index is 1170. The van der Waals surface area contributed by atoms with Crippen LogP contribution in [0, 0.1) is 27.2 Å². The van der Waals surface area contributed by atoms with Crippen LogP contribution >= 0.6 is 31.9 Å². The predicted octanol–water partition coefficient (Wildman–Crippen LogP) is 5.76. The van der Waals surface area contributed by atoms with Gasteiger partial charge in [-0.3, -0.25) is 25.0 Å². The van der Waals surface area contributed by atoms with Gasteiger partial charge in [-0.2, -0.15) is 0 Å². The first kappa shape index (κ1) is 22.4. The summed E-state index contributed by atoms with van der Waals surface area (Å²) in [5.41, 5.74) is 0.691. The lowest BCUT2D eigenvalue weighted by atomic mass is 10.2. The topological polar surface area (TPSA) is 138 Å². The summed E-state index contributed by atoms with van der Waals surface area (Å²) in [4.78, 5) is 33.5. The fourth-order valence-corrected chi connectivity index (χ4v) is 3.94. The molecule has 0 spiro atoms. The molecule has 0 aliphatic rings. The third kappa shape index (κ3) is 5.27. The average molecular weight is 555 g/mol. The van der Waals surface area contributed by atoms with Crippen molar-refractivity contribution in [2.24, 2.45) is 0 Å². The minimum absolute atomic E-state index is 0.0332. The summed E-state index contributed by atoms with van der Waals surface area (Å²) >= 11 is 6.38. The number of halogens is 2. The van der Waals surface area contributed by atoms with Crippen molar-refractivity contribution in [3.63, 3.8) is 0 Å². The molecule has 160 valence electrons. The molecule has 2 aromatic carbocycles. The van der Waals surface area contributed by atoms with Crippen LogP contribution in [0.4, 0.5) is 17.1 Å². The summed E-state index contributed by atoms with van der Waals surface area (Å²) in [6.45, 7) is 1.61. The van der Waals surface area contributed by atoms with Crippen LogP contribution in [0.25, 0.3) is 0 Å². The van der Waals surface area contributed by atoms with Gasteiger partial charge in [-0.05, 0) is 62.5 Å². The SMILES string of the molecule is Cc1ccc(OCc2ccc(C(=O)Nc3c(Br)cc([N+](=O)[O-])cc3Br)o2)c([N+](=O)[O-])c1. The first-order valence-electron chi connectivity index (χ1n) is 8.57. The highest BCUT2D eigenvalue weighted by atomic mass is 79.9. The molecule has 0 aliphatic heterocycles. The number of furan rings is 1. The van der Waals surface area contributed by atoms with Crippen molar-refractivity contribution in [1.82, 2.24) is 0 Å². The first-order chi connectivity index (χ1) is 14.7. The van der Waals surface area contributed by atoms with Gasteiger partial charge in [-0.1, -0.05) is 6.07 Å². The fourth-order valence-electron chi connectivity index (χ4n) is 2.58. The maximum atomic E-state index is 12.5. The third-order valence-electron chi connectivity index (χ3n) is 4.04. The fraction of sp³-hybridized carbons (Fsp3) is 0.105. The van der Waals surface area contributed by atoms with E-state index in [4.69, 9.17) is 9.15 Å². The molecule has 12 heteroatoms. The van der Waals surface area contributed by atoms with Crippen molar-refractivity contribution in [2.75, 3.05) is 5.32 Å². The number of non-ortho nitro benzene ring substituents is 1. The van der Waals surface area contributed by atoms with E-state index in [1.165, 1.54) is 36.4 Å². The summed E-state index contributed by atoms with van der Waals surface area (Å²) in [5.74, 6) is -0.268. The first-order valence-corrected chi connectivity index (χ1v) is 10.2. The van der Waals surface area contributed by atoms with Crippen LogP contribution in [0.15, 0.2) is 55.8 Å². The number of aryl methyl sites for hydroxylation is 1. The number of amides is 1. The second-order valence-corrected chi connectivity index (χ2v) is 7.99. The van der Waals surface area contributed by atoms with Gasteiger partial charge in [0, 0.05) is 27.1 Å². The number of nitro groups is 2. The lowest BCUT2D eigenvalue weighted by Gasteiger charge is -2.08. The molecule has 0 radical (unpaired) electrons. The Morgan fingerprint density at radius 1 is 1.06 bits per heavy atom. The number of ether oxygens (including phenoxy) is 1. The second-order valence-electron chi connectivity index (χ2n) is 6.28. The van der Waals surface area contributed by atoms with Crippen LogP contribution in [-0.4, -0.2) is 15.8 Å². The molecule has 1 aromatic heterocycles. The smallest absolute Gasteiger partial charge is 0.311 e. The predicted molar refractivity (Wildman–Crippen MR) is 117 cm³/mol. The monoisotopic (exact) mass is 553 g/mol. The third-order valence-corrected chi connectivity index (χ3v) is 5.29. The summed E-state index contributed by atoms with van der Waals surface area (Å²) in [6.07, 6.45) is 0. The van der Waals surface area contributed by atoms with Gasteiger partial charge < -0.3 is 14.5 Å². The van der Waals surface area contributed by atoms with Crippen LogP contribution in [0.3, 0.4) is 0 Å². The van der Waals surface area contributed by atoms with Crippen molar-refractivity contribution in [2.45, 2.75) is 13.5 Å². The van der Waals surface area contributed by atoms with Gasteiger partial charge >= 0.3 is 5.69 Å². The Morgan fingerprint density at radius 2 is 1.74 bits per heavy atom. The van der Waals surface area contributed by atoms with Gasteiger partial charge in [-0.15, -0.1) is 0 Å². The molecule has 0 aliphatic carbocycles. The van der Waals surface area contributed by atoms with E-state index in [1.807, 2.05) is 0 Å². The molecular formula is C19H13Br2N3O7. The zero-order chi connectivity index (χ0) is 22.7. The summed E-state index contributed by atoms with van der Waals surface area (Å²) in [7, 11) is 0. The number of hydrogen-bond donors (Lipinski definition) is 1. The van der Waals surface area contributed by atoms with Crippen LogP contribution in [-0.2, 0) is 6.61 Å². The summed E-state index contributed by atoms with van der Waals surface area (Å²) in [5, 5.41) is 24.7. The zero-order valence-corrected chi connectivity index (χ0v) is 18.9. The molecule has 0 unspecified atom stereocenters. The van der Waals surface area contributed by atoms with Gasteiger partial charge in [-0.25, -0.2) is 0 Å². The van der Waals surface area contributed by atoms with Crippen molar-refractivity contribution >= 4 is 54.8 Å². The highest BCUT2D eigenvalue weighted by molar-refractivity contribution is 9.11. The van der Waals surface area contributed by atoms with Gasteiger partial charge in [0.25, 0.3) is 11.6 Å². The molecule has 1 N–H and O–H groups in total. The van der Waals surface area contributed by atoms with Crippen LogP contribution in [0.2, 0.25) is 0 Å². The van der Waals surface area contributed by atoms with E-state index in [0.29, 0.717) is 14.6 Å². The van der Waals surface area contributed by atoms with Crippen LogP contribution in [0.5, 0.6) is 5.75 Å². The number of carbonyl (C=O) groups excluding carboxylic acids is 1. The molecule has 0 bridgehead atoms.